The summed E-state index contributed by atoms with van der Waals surface area (Å²) in [6.07, 6.45) is 7.11. The minimum atomic E-state index is -3.66. The first-order chi connectivity index (χ1) is 18.4. The van der Waals surface area contributed by atoms with Crippen molar-refractivity contribution in [3.05, 3.63) is 36.4 Å². The molecule has 3 aliphatic rings. The molecule has 0 spiro atoms. The number of rotatable bonds is 5. The molecule has 3 aromatic heterocycles. The minimum absolute atomic E-state index is 0.183. The van der Waals surface area contributed by atoms with Crippen molar-refractivity contribution in [2.75, 3.05) is 81.6 Å². The van der Waals surface area contributed by atoms with Gasteiger partial charge in [0, 0.05) is 75.5 Å². The highest BCUT2D eigenvalue weighted by Gasteiger charge is 2.32. The molecule has 2 saturated heterocycles. The van der Waals surface area contributed by atoms with Crippen LogP contribution in [0.15, 0.2) is 35.7 Å². The van der Waals surface area contributed by atoms with E-state index < -0.39 is 10.0 Å². The molecule has 6 heterocycles. The summed E-state index contributed by atoms with van der Waals surface area (Å²) < 4.78 is 33.9. The predicted molar refractivity (Wildman–Crippen MR) is 142 cm³/mol. The summed E-state index contributed by atoms with van der Waals surface area (Å²) in [4.78, 5) is 28.9. The first-order valence-corrected chi connectivity index (χ1v) is 14.1. The van der Waals surface area contributed by atoms with E-state index in [4.69, 9.17) is 20.4 Å². The second kappa shape index (κ2) is 10.0. The van der Waals surface area contributed by atoms with Crippen LogP contribution < -0.4 is 15.5 Å². The maximum absolute atomic E-state index is 13.4. The Bertz CT molecular complexity index is 1420. The predicted octanol–water partition coefficient (Wildman–Crippen LogP) is 0.378. The van der Waals surface area contributed by atoms with Crippen LogP contribution in [-0.4, -0.2) is 109 Å². The van der Waals surface area contributed by atoms with Crippen molar-refractivity contribution in [1.29, 1.82) is 0 Å². The summed E-state index contributed by atoms with van der Waals surface area (Å²) in [7, 11) is -1.67. The molecule has 0 aromatic carbocycles. The van der Waals surface area contributed by atoms with Crippen LogP contribution in [0.25, 0.3) is 11.3 Å². The highest BCUT2D eigenvalue weighted by molar-refractivity contribution is 7.89. The third-order valence-electron chi connectivity index (χ3n) is 7.16. The Labute approximate surface area is 221 Å². The van der Waals surface area contributed by atoms with Crippen LogP contribution in [-0.2, 0) is 21.2 Å². The molecule has 2 N–H and O–H groups in total. The normalized spacial score (nSPS) is 19.1. The molecule has 2 fully saturated rings. The molecule has 38 heavy (non-hydrogen) atoms. The first kappa shape index (κ1) is 24.9. The summed E-state index contributed by atoms with van der Waals surface area (Å²) in [5.41, 5.74) is 8.84. The number of hydrogen-bond acceptors (Lipinski definition) is 12. The largest absolute Gasteiger partial charge is 0.378 e. The zero-order chi connectivity index (χ0) is 26.3. The summed E-state index contributed by atoms with van der Waals surface area (Å²) in [6.45, 7) is 5.47. The molecule has 0 aliphatic carbocycles. The van der Waals surface area contributed by atoms with Crippen LogP contribution in [0.1, 0.15) is 5.56 Å². The lowest BCUT2D eigenvalue weighted by molar-refractivity contribution is 0.122. The van der Waals surface area contributed by atoms with Crippen LogP contribution in [0, 0.1) is 0 Å². The van der Waals surface area contributed by atoms with Gasteiger partial charge in [0.05, 0.1) is 30.8 Å². The van der Waals surface area contributed by atoms with E-state index in [0.717, 1.165) is 22.6 Å². The van der Waals surface area contributed by atoms with E-state index in [0.29, 0.717) is 77.1 Å². The van der Waals surface area contributed by atoms with Gasteiger partial charge in [0.1, 0.15) is 10.7 Å². The Morgan fingerprint density at radius 2 is 1.66 bits per heavy atom. The summed E-state index contributed by atoms with van der Waals surface area (Å²) in [6, 6.07) is 1.69. The van der Waals surface area contributed by atoms with Crippen LogP contribution in [0.4, 0.5) is 23.4 Å². The van der Waals surface area contributed by atoms with Crippen LogP contribution >= 0.6 is 0 Å². The number of nitrogens with zero attached hydrogens (tertiary/aromatic N) is 9. The molecule has 0 bridgehead atoms. The molecule has 13 nitrogen and oxygen atoms in total. The molecular formula is C24H30N10O3S. The summed E-state index contributed by atoms with van der Waals surface area (Å²) in [5, 5.41) is 0. The molecule has 0 atom stereocenters. The van der Waals surface area contributed by atoms with Gasteiger partial charge in [-0.3, -0.25) is 4.98 Å². The maximum atomic E-state index is 13.4. The van der Waals surface area contributed by atoms with Gasteiger partial charge in [-0.25, -0.2) is 23.4 Å². The molecule has 0 amide bonds. The van der Waals surface area contributed by atoms with Gasteiger partial charge in [0.2, 0.25) is 21.9 Å². The van der Waals surface area contributed by atoms with E-state index in [1.807, 2.05) is 11.9 Å². The monoisotopic (exact) mass is 538 g/mol. The lowest BCUT2D eigenvalue weighted by Crippen LogP contribution is -2.47. The fraction of sp³-hybridized carbons (Fsp3) is 0.458. The standard InChI is InChI=1S/C24H30N10O3S/c1-31-4-6-33(7-5-31)38(35,36)19-12-18(15-26-16-19)34-3-2-20-21(17-13-27-23(25)28-14-17)29-24(30-22(20)34)32-8-10-37-11-9-32/h12-16H,2-11H2,1H3,(H2,25,27,28). The number of fused-ring (bicyclic) bond motifs is 1. The zero-order valence-corrected chi connectivity index (χ0v) is 22.0. The van der Waals surface area contributed by atoms with Crippen LogP contribution in [0.2, 0.25) is 0 Å². The Morgan fingerprint density at radius 1 is 0.921 bits per heavy atom. The van der Waals surface area contributed by atoms with Gasteiger partial charge in [-0.05, 0) is 19.5 Å². The quantitative estimate of drug-likeness (QED) is 0.479. The maximum Gasteiger partial charge on any atom is 0.244 e. The second-order valence-corrected chi connectivity index (χ2v) is 11.5. The van der Waals surface area contributed by atoms with Gasteiger partial charge in [-0.2, -0.15) is 9.29 Å². The van der Waals surface area contributed by atoms with Gasteiger partial charge in [0.25, 0.3) is 0 Å². The third-order valence-corrected chi connectivity index (χ3v) is 9.03. The highest BCUT2D eigenvalue weighted by atomic mass is 32.2. The Balaban J connectivity index is 1.39. The van der Waals surface area contributed by atoms with Crippen molar-refractivity contribution in [2.24, 2.45) is 0 Å². The molecule has 200 valence electrons. The molecule has 0 saturated carbocycles. The van der Waals surface area contributed by atoms with Crippen LogP contribution in [0.3, 0.4) is 0 Å². The summed E-state index contributed by atoms with van der Waals surface area (Å²) >= 11 is 0. The fourth-order valence-electron chi connectivity index (χ4n) is 4.97. The molecule has 14 heteroatoms. The SMILES string of the molecule is CN1CCN(S(=O)(=O)c2cncc(N3CCc4c(-c5cnc(N)nc5)nc(N5CCOCC5)nc43)c2)CC1. The van der Waals surface area contributed by atoms with Crippen molar-refractivity contribution in [1.82, 2.24) is 34.1 Å². The Morgan fingerprint density at radius 3 is 2.39 bits per heavy atom. The van der Waals surface area contributed by atoms with E-state index in [9.17, 15) is 8.42 Å². The molecule has 6 rings (SSSR count). The van der Waals surface area contributed by atoms with Crippen molar-refractivity contribution < 1.29 is 13.2 Å². The van der Waals surface area contributed by atoms with Gasteiger partial charge >= 0.3 is 0 Å². The van der Waals surface area contributed by atoms with E-state index in [1.54, 1.807) is 24.7 Å². The highest BCUT2D eigenvalue weighted by Crippen LogP contribution is 2.39. The Kier molecular flexibility index (Phi) is 6.55. The van der Waals surface area contributed by atoms with E-state index in [1.165, 1.54) is 10.5 Å². The average Bonchev–Trinajstić information content (AvgIpc) is 3.38. The van der Waals surface area contributed by atoms with Gasteiger partial charge in [-0.1, -0.05) is 0 Å². The number of nitrogens with two attached hydrogens (primary N) is 1. The van der Waals surface area contributed by atoms with Crippen molar-refractivity contribution in [3.63, 3.8) is 0 Å². The number of piperazine rings is 1. The lowest BCUT2D eigenvalue weighted by Gasteiger charge is -2.31. The van der Waals surface area contributed by atoms with E-state index >= 15 is 0 Å². The first-order valence-electron chi connectivity index (χ1n) is 12.6. The molecule has 0 unspecified atom stereocenters. The van der Waals surface area contributed by atoms with Crippen molar-refractivity contribution in [3.8, 4) is 11.3 Å². The number of pyridine rings is 1. The molecular weight excluding hydrogens is 508 g/mol. The molecule has 3 aromatic rings. The number of aromatic nitrogens is 5. The van der Waals surface area contributed by atoms with E-state index in [-0.39, 0.29) is 10.8 Å². The third kappa shape index (κ3) is 4.64. The average molecular weight is 539 g/mol. The lowest BCUT2D eigenvalue weighted by atomic mass is 10.1. The van der Waals surface area contributed by atoms with E-state index in [2.05, 4.69) is 24.8 Å². The number of nitrogen functional groups attached to an aromatic ring is 1. The summed E-state index contributed by atoms with van der Waals surface area (Å²) in [5.74, 6) is 1.50. The van der Waals surface area contributed by atoms with Gasteiger partial charge < -0.3 is 25.2 Å². The minimum Gasteiger partial charge on any atom is -0.378 e. The van der Waals surface area contributed by atoms with Gasteiger partial charge in [-0.15, -0.1) is 0 Å². The number of likely N-dealkylation sites (N-methyl/N-ethyl adjacent to an activating group) is 1. The van der Waals surface area contributed by atoms with Crippen molar-refractivity contribution >= 4 is 33.4 Å². The second-order valence-electron chi connectivity index (χ2n) is 9.59. The van der Waals surface area contributed by atoms with Crippen molar-refractivity contribution in [2.45, 2.75) is 11.3 Å². The fourth-order valence-corrected chi connectivity index (χ4v) is 6.38. The molecule has 3 aliphatic heterocycles. The number of morpholine rings is 1. The number of sulfonamides is 1. The van der Waals surface area contributed by atoms with Crippen LogP contribution in [0.5, 0.6) is 0 Å². The smallest absolute Gasteiger partial charge is 0.244 e. The number of anilines is 4. The molecule has 0 radical (unpaired) electrons. The number of ether oxygens (including phenoxy) is 1. The van der Waals surface area contributed by atoms with Gasteiger partial charge in [0.15, 0.2) is 0 Å². The zero-order valence-electron chi connectivity index (χ0n) is 21.2. The Hall–Kier alpha value is -3.46. The number of hydrogen-bond donors (Lipinski definition) is 1. The topological polar surface area (TPSA) is 147 Å².